The largest absolute Gasteiger partial charge is 0.380 e. The maximum absolute atomic E-state index is 12.1. The number of rotatable bonds is 3. The number of hydrogen-bond donors (Lipinski definition) is 2. The van der Waals surface area contributed by atoms with Gasteiger partial charge in [-0.3, -0.25) is 20.2 Å². The standard InChI is InChI=1S/C10H14N2O2.C6H4FNO2.C4H11N/c1-10(2,3)11-8-4-6-9(7-5-8)12(13)14;7-5-1-3-6(4-2-5)8(9)10;1-4(2,3)5/h4-7,11H,1-3H3;1-4H;5H2,1-3H3. The Morgan fingerprint density at radius 3 is 1.38 bits per heavy atom. The molecule has 0 aliphatic heterocycles. The number of nitrogens with one attached hydrogen (secondary N) is 1. The lowest BCUT2D eigenvalue weighted by Gasteiger charge is -2.21. The van der Waals surface area contributed by atoms with Crippen LogP contribution in [-0.4, -0.2) is 20.9 Å². The van der Waals surface area contributed by atoms with Crippen molar-refractivity contribution >= 4 is 17.1 Å². The molecule has 0 heterocycles. The molecule has 8 nitrogen and oxygen atoms in total. The third-order valence-corrected chi connectivity index (χ3v) is 2.63. The summed E-state index contributed by atoms with van der Waals surface area (Å²) in [6.07, 6.45) is 0. The SMILES string of the molecule is CC(C)(C)N.CC(C)(C)Nc1ccc([N+](=O)[O-])cc1.O=[N+]([O-])c1ccc(F)cc1. The highest BCUT2D eigenvalue weighted by Gasteiger charge is 2.10. The minimum atomic E-state index is -0.570. The monoisotopic (exact) mass is 408 g/mol. The second-order valence-electron chi connectivity index (χ2n) is 8.28. The van der Waals surface area contributed by atoms with Gasteiger partial charge in [-0.05, 0) is 65.8 Å². The number of benzene rings is 2. The summed E-state index contributed by atoms with van der Waals surface area (Å²) in [6, 6.07) is 10.8. The van der Waals surface area contributed by atoms with E-state index in [2.05, 4.69) is 5.32 Å². The average Bonchev–Trinajstić information content (AvgIpc) is 2.53. The molecule has 29 heavy (non-hydrogen) atoms. The van der Waals surface area contributed by atoms with Crippen LogP contribution in [0.1, 0.15) is 41.5 Å². The number of nitrogens with zero attached hydrogens (tertiary/aromatic N) is 2. The normalized spacial score (nSPS) is 10.6. The molecule has 0 aliphatic carbocycles. The quantitative estimate of drug-likeness (QED) is 0.526. The van der Waals surface area contributed by atoms with Gasteiger partial charge >= 0.3 is 0 Å². The van der Waals surface area contributed by atoms with E-state index < -0.39 is 15.7 Å². The maximum atomic E-state index is 12.1. The Bertz CT molecular complexity index is 774. The minimum Gasteiger partial charge on any atom is -0.380 e. The van der Waals surface area contributed by atoms with Crippen LogP contribution in [-0.2, 0) is 0 Å². The molecular formula is C20H29FN4O4. The first-order chi connectivity index (χ1) is 13.1. The van der Waals surface area contributed by atoms with E-state index in [4.69, 9.17) is 5.73 Å². The highest BCUT2D eigenvalue weighted by Crippen LogP contribution is 2.18. The van der Waals surface area contributed by atoms with Gasteiger partial charge in [0, 0.05) is 41.0 Å². The zero-order chi connectivity index (χ0) is 22.8. The molecule has 9 heteroatoms. The van der Waals surface area contributed by atoms with E-state index >= 15 is 0 Å². The molecule has 160 valence electrons. The van der Waals surface area contributed by atoms with Gasteiger partial charge in [-0.2, -0.15) is 0 Å². The number of hydrogen-bond acceptors (Lipinski definition) is 6. The summed E-state index contributed by atoms with van der Waals surface area (Å²) in [5.74, 6) is -0.467. The smallest absolute Gasteiger partial charge is 0.269 e. The Morgan fingerprint density at radius 2 is 1.10 bits per heavy atom. The zero-order valence-electron chi connectivity index (χ0n) is 17.6. The fraction of sp³-hybridized carbons (Fsp3) is 0.400. The van der Waals surface area contributed by atoms with Crippen LogP contribution in [0.15, 0.2) is 48.5 Å². The highest BCUT2D eigenvalue weighted by molar-refractivity contribution is 5.49. The predicted molar refractivity (Wildman–Crippen MR) is 113 cm³/mol. The molecule has 3 N–H and O–H groups in total. The Morgan fingerprint density at radius 1 is 0.793 bits per heavy atom. The van der Waals surface area contributed by atoms with E-state index in [1.54, 1.807) is 12.1 Å². The van der Waals surface area contributed by atoms with Gasteiger partial charge in [-0.25, -0.2) is 4.39 Å². The summed E-state index contributed by atoms with van der Waals surface area (Å²) >= 11 is 0. The van der Waals surface area contributed by atoms with Gasteiger partial charge < -0.3 is 11.1 Å². The van der Waals surface area contributed by atoms with Gasteiger partial charge in [-0.1, -0.05) is 0 Å². The van der Waals surface area contributed by atoms with Gasteiger partial charge in [0.2, 0.25) is 0 Å². The van der Waals surface area contributed by atoms with Crippen molar-refractivity contribution in [3.8, 4) is 0 Å². The van der Waals surface area contributed by atoms with Gasteiger partial charge in [0.25, 0.3) is 11.4 Å². The number of anilines is 1. The van der Waals surface area contributed by atoms with Crippen LogP contribution in [0.2, 0.25) is 0 Å². The second-order valence-corrected chi connectivity index (χ2v) is 8.28. The van der Waals surface area contributed by atoms with Gasteiger partial charge in [-0.15, -0.1) is 0 Å². The molecule has 2 aromatic rings. The Kier molecular flexibility index (Phi) is 9.89. The lowest BCUT2D eigenvalue weighted by Crippen LogP contribution is -2.26. The van der Waals surface area contributed by atoms with Crippen LogP contribution < -0.4 is 11.1 Å². The minimum absolute atomic E-state index is 0. The topological polar surface area (TPSA) is 124 Å². The van der Waals surface area contributed by atoms with Crippen molar-refractivity contribution < 1.29 is 14.2 Å². The van der Waals surface area contributed by atoms with Crippen LogP contribution >= 0.6 is 0 Å². The molecule has 2 aromatic carbocycles. The van der Waals surface area contributed by atoms with Crippen molar-refractivity contribution in [1.82, 2.24) is 0 Å². The fourth-order valence-electron chi connectivity index (χ4n) is 1.66. The Labute approximate surface area is 170 Å². The summed E-state index contributed by atoms with van der Waals surface area (Å²) in [4.78, 5) is 19.4. The van der Waals surface area contributed by atoms with E-state index in [0.717, 1.165) is 30.0 Å². The number of halogens is 1. The van der Waals surface area contributed by atoms with Gasteiger partial charge in [0.15, 0.2) is 0 Å². The van der Waals surface area contributed by atoms with Crippen LogP contribution in [0.5, 0.6) is 0 Å². The lowest BCUT2D eigenvalue weighted by molar-refractivity contribution is -0.385. The van der Waals surface area contributed by atoms with Crippen LogP contribution in [0.4, 0.5) is 21.5 Å². The van der Waals surface area contributed by atoms with Crippen LogP contribution in [0.3, 0.4) is 0 Å². The Hall–Kier alpha value is -3.07. The maximum Gasteiger partial charge on any atom is 0.269 e. The molecule has 0 amide bonds. The van der Waals surface area contributed by atoms with Crippen molar-refractivity contribution in [2.45, 2.75) is 52.6 Å². The molecule has 0 fully saturated rings. The van der Waals surface area contributed by atoms with Gasteiger partial charge in [0.05, 0.1) is 9.85 Å². The summed E-state index contributed by atoms with van der Waals surface area (Å²) in [5, 5.41) is 23.6. The molecular weight excluding hydrogens is 379 g/mol. The Balaban J connectivity index is 0.000000455. The van der Waals surface area contributed by atoms with E-state index in [1.165, 1.54) is 12.1 Å². The molecule has 0 aromatic heterocycles. The number of nitrogens with two attached hydrogens (primary N) is 1. The van der Waals surface area contributed by atoms with E-state index in [1.807, 2.05) is 41.5 Å². The second kappa shape index (κ2) is 11.1. The van der Waals surface area contributed by atoms with Crippen LogP contribution in [0, 0.1) is 26.0 Å². The van der Waals surface area contributed by atoms with Crippen molar-refractivity contribution in [2.75, 3.05) is 5.32 Å². The van der Waals surface area contributed by atoms with E-state index in [0.29, 0.717) is 0 Å². The molecule has 0 radical (unpaired) electrons. The highest BCUT2D eigenvalue weighted by atomic mass is 19.1. The van der Waals surface area contributed by atoms with E-state index in [9.17, 15) is 24.6 Å². The number of nitro groups is 2. The third kappa shape index (κ3) is 14.6. The first-order valence-electron chi connectivity index (χ1n) is 8.80. The molecule has 0 unspecified atom stereocenters. The molecule has 0 saturated heterocycles. The first kappa shape index (κ1) is 25.9. The average molecular weight is 408 g/mol. The van der Waals surface area contributed by atoms with Crippen LogP contribution in [0.25, 0.3) is 0 Å². The summed E-state index contributed by atoms with van der Waals surface area (Å²) in [5.41, 5.74) is 6.23. The number of non-ortho nitro benzene ring substituents is 2. The summed E-state index contributed by atoms with van der Waals surface area (Å²) in [7, 11) is 0. The predicted octanol–water partition coefficient (Wildman–Crippen LogP) is 5.28. The van der Waals surface area contributed by atoms with E-state index in [-0.39, 0.29) is 22.5 Å². The molecule has 2 rings (SSSR count). The first-order valence-corrected chi connectivity index (χ1v) is 8.80. The molecule has 0 bridgehead atoms. The van der Waals surface area contributed by atoms with Crippen molar-refractivity contribution in [3.05, 3.63) is 74.6 Å². The molecule has 0 atom stereocenters. The molecule has 0 saturated carbocycles. The van der Waals surface area contributed by atoms with Crippen molar-refractivity contribution in [1.29, 1.82) is 0 Å². The molecule has 0 aliphatic rings. The lowest BCUT2D eigenvalue weighted by atomic mass is 10.1. The van der Waals surface area contributed by atoms with Crippen molar-refractivity contribution in [2.24, 2.45) is 5.73 Å². The zero-order valence-corrected chi connectivity index (χ0v) is 17.6. The van der Waals surface area contributed by atoms with Crippen molar-refractivity contribution in [3.63, 3.8) is 0 Å². The third-order valence-electron chi connectivity index (χ3n) is 2.63. The fourth-order valence-corrected chi connectivity index (χ4v) is 1.66. The molecule has 0 spiro atoms. The summed E-state index contributed by atoms with van der Waals surface area (Å²) < 4.78 is 12.1. The number of nitro benzene ring substituents is 2. The van der Waals surface area contributed by atoms with Gasteiger partial charge in [0.1, 0.15) is 5.82 Å². The summed E-state index contributed by atoms with van der Waals surface area (Å²) in [6.45, 7) is 12.0.